The van der Waals surface area contributed by atoms with Crippen molar-refractivity contribution in [3.05, 3.63) is 29.6 Å². The molecule has 3 rings (SSSR count). The number of piperidine rings is 1. The Balaban J connectivity index is 1.72. The number of nitrogens with one attached hydrogen (secondary N) is 1. The van der Waals surface area contributed by atoms with E-state index in [9.17, 15) is 8.42 Å². The highest BCUT2D eigenvalue weighted by Crippen LogP contribution is 2.27. The SMILES string of the molecule is COC[C@@H](C)Nc1nc(-c2ccc(S(=O)(=O)N3CCCCC3)cc2)cs1. The molecule has 0 amide bonds. The van der Waals surface area contributed by atoms with E-state index in [1.165, 1.54) is 11.3 Å². The van der Waals surface area contributed by atoms with Crippen molar-refractivity contribution in [3.8, 4) is 11.3 Å². The number of aromatic nitrogens is 1. The molecule has 1 aliphatic heterocycles. The molecule has 1 saturated heterocycles. The molecule has 1 aromatic carbocycles. The molecule has 1 fully saturated rings. The van der Waals surface area contributed by atoms with E-state index in [1.54, 1.807) is 23.5 Å². The molecule has 1 N–H and O–H groups in total. The molecule has 6 nitrogen and oxygen atoms in total. The molecule has 0 spiro atoms. The Hall–Kier alpha value is -1.48. The van der Waals surface area contributed by atoms with Gasteiger partial charge in [0.2, 0.25) is 10.0 Å². The first-order chi connectivity index (χ1) is 12.5. The van der Waals surface area contributed by atoms with Gasteiger partial charge in [-0.15, -0.1) is 11.3 Å². The second kappa shape index (κ2) is 8.47. The number of methoxy groups -OCH3 is 1. The van der Waals surface area contributed by atoms with Crippen molar-refractivity contribution in [2.45, 2.75) is 37.1 Å². The largest absolute Gasteiger partial charge is 0.383 e. The number of thiazole rings is 1. The zero-order valence-electron chi connectivity index (χ0n) is 15.1. The van der Waals surface area contributed by atoms with E-state index in [1.807, 2.05) is 24.4 Å². The van der Waals surface area contributed by atoms with Crippen molar-refractivity contribution < 1.29 is 13.2 Å². The fourth-order valence-corrected chi connectivity index (χ4v) is 5.38. The summed E-state index contributed by atoms with van der Waals surface area (Å²) >= 11 is 1.53. The van der Waals surface area contributed by atoms with E-state index in [2.05, 4.69) is 10.3 Å². The van der Waals surface area contributed by atoms with Gasteiger partial charge >= 0.3 is 0 Å². The highest BCUT2D eigenvalue weighted by Gasteiger charge is 2.25. The van der Waals surface area contributed by atoms with Crippen molar-refractivity contribution in [1.29, 1.82) is 0 Å². The molecule has 2 aromatic rings. The molecule has 2 heterocycles. The monoisotopic (exact) mass is 395 g/mol. The summed E-state index contributed by atoms with van der Waals surface area (Å²) in [5, 5.41) is 6.09. The van der Waals surface area contributed by atoms with Crippen LogP contribution in [0, 0.1) is 0 Å². The number of hydrogen-bond acceptors (Lipinski definition) is 6. The molecule has 0 saturated carbocycles. The first-order valence-corrected chi connectivity index (χ1v) is 11.1. The normalized spacial score (nSPS) is 17.2. The number of hydrogen-bond donors (Lipinski definition) is 1. The van der Waals surface area contributed by atoms with E-state index in [-0.39, 0.29) is 6.04 Å². The number of rotatable bonds is 7. The molecule has 1 aliphatic rings. The summed E-state index contributed by atoms with van der Waals surface area (Å²) in [6.45, 7) is 3.87. The standard InChI is InChI=1S/C18H25N3O3S2/c1-14(12-24-2)19-18-20-17(13-25-18)15-6-8-16(9-7-15)26(22,23)21-10-4-3-5-11-21/h6-9,13-14H,3-5,10-12H2,1-2H3,(H,19,20)/t14-/m1/s1. The Kier molecular flexibility index (Phi) is 6.29. The van der Waals surface area contributed by atoms with Crippen LogP contribution in [-0.2, 0) is 14.8 Å². The van der Waals surface area contributed by atoms with Crippen molar-refractivity contribution in [1.82, 2.24) is 9.29 Å². The molecule has 0 bridgehead atoms. The van der Waals surface area contributed by atoms with Crippen LogP contribution in [0.15, 0.2) is 34.5 Å². The van der Waals surface area contributed by atoms with Gasteiger partial charge in [-0.25, -0.2) is 13.4 Å². The molecule has 0 radical (unpaired) electrons. The maximum absolute atomic E-state index is 12.7. The zero-order chi connectivity index (χ0) is 18.6. The highest BCUT2D eigenvalue weighted by molar-refractivity contribution is 7.89. The predicted molar refractivity (Wildman–Crippen MR) is 105 cm³/mol. The first-order valence-electron chi connectivity index (χ1n) is 8.82. The maximum Gasteiger partial charge on any atom is 0.243 e. The lowest BCUT2D eigenvalue weighted by molar-refractivity contribution is 0.190. The van der Waals surface area contributed by atoms with Gasteiger partial charge in [0.25, 0.3) is 0 Å². The maximum atomic E-state index is 12.7. The van der Waals surface area contributed by atoms with Gasteiger partial charge in [-0.05, 0) is 31.9 Å². The highest BCUT2D eigenvalue weighted by atomic mass is 32.2. The molecule has 26 heavy (non-hydrogen) atoms. The van der Waals surface area contributed by atoms with Crippen LogP contribution >= 0.6 is 11.3 Å². The summed E-state index contributed by atoms with van der Waals surface area (Å²) in [6.07, 6.45) is 2.98. The second-order valence-corrected chi connectivity index (χ2v) is 9.32. The Labute approximate surface area is 159 Å². The van der Waals surface area contributed by atoms with Gasteiger partial charge < -0.3 is 10.1 Å². The quantitative estimate of drug-likeness (QED) is 0.778. The summed E-state index contributed by atoms with van der Waals surface area (Å²) in [4.78, 5) is 4.93. The molecule has 8 heteroatoms. The van der Waals surface area contributed by atoms with Crippen molar-refractivity contribution in [2.24, 2.45) is 0 Å². The zero-order valence-corrected chi connectivity index (χ0v) is 16.8. The van der Waals surface area contributed by atoms with E-state index >= 15 is 0 Å². The van der Waals surface area contributed by atoms with Gasteiger partial charge in [-0.1, -0.05) is 18.6 Å². The third-order valence-corrected chi connectivity index (χ3v) is 7.08. The van der Waals surface area contributed by atoms with Crippen LogP contribution in [0.4, 0.5) is 5.13 Å². The smallest absolute Gasteiger partial charge is 0.243 e. The minimum atomic E-state index is -3.39. The molecule has 0 aliphatic carbocycles. The van der Waals surface area contributed by atoms with Crippen LogP contribution in [0.2, 0.25) is 0 Å². The van der Waals surface area contributed by atoms with Crippen LogP contribution in [0.25, 0.3) is 11.3 Å². The van der Waals surface area contributed by atoms with Gasteiger partial charge in [0, 0.05) is 37.2 Å². The Bertz CT molecular complexity index is 812. The van der Waals surface area contributed by atoms with E-state index in [0.717, 1.165) is 35.7 Å². The van der Waals surface area contributed by atoms with Gasteiger partial charge in [0.1, 0.15) is 0 Å². The third kappa shape index (κ3) is 4.43. The minimum absolute atomic E-state index is 0.177. The van der Waals surface area contributed by atoms with E-state index in [0.29, 0.717) is 24.6 Å². The summed E-state index contributed by atoms with van der Waals surface area (Å²) in [5.74, 6) is 0. The molecule has 0 unspecified atom stereocenters. The van der Waals surface area contributed by atoms with Crippen LogP contribution < -0.4 is 5.32 Å². The summed E-state index contributed by atoms with van der Waals surface area (Å²) in [7, 11) is -1.72. The lowest BCUT2D eigenvalue weighted by Gasteiger charge is -2.25. The lowest BCUT2D eigenvalue weighted by atomic mass is 10.2. The Morgan fingerprint density at radius 1 is 1.23 bits per heavy atom. The van der Waals surface area contributed by atoms with Crippen LogP contribution in [-0.4, -0.2) is 50.6 Å². The fourth-order valence-electron chi connectivity index (χ4n) is 3.03. The van der Waals surface area contributed by atoms with Crippen LogP contribution in [0.5, 0.6) is 0 Å². The Morgan fingerprint density at radius 3 is 2.58 bits per heavy atom. The predicted octanol–water partition coefficient (Wildman–Crippen LogP) is 3.43. The molecule has 1 atom stereocenters. The number of sulfonamides is 1. The van der Waals surface area contributed by atoms with E-state index < -0.39 is 10.0 Å². The van der Waals surface area contributed by atoms with Gasteiger partial charge in [0.05, 0.1) is 17.2 Å². The number of benzene rings is 1. The molecule has 1 aromatic heterocycles. The topological polar surface area (TPSA) is 71.5 Å². The Morgan fingerprint density at radius 2 is 1.92 bits per heavy atom. The lowest BCUT2D eigenvalue weighted by Crippen LogP contribution is -2.35. The number of ether oxygens (including phenoxy) is 1. The minimum Gasteiger partial charge on any atom is -0.383 e. The fraction of sp³-hybridized carbons (Fsp3) is 0.500. The third-order valence-electron chi connectivity index (χ3n) is 4.39. The van der Waals surface area contributed by atoms with Gasteiger partial charge in [-0.3, -0.25) is 0 Å². The van der Waals surface area contributed by atoms with Gasteiger partial charge in [-0.2, -0.15) is 4.31 Å². The molecular weight excluding hydrogens is 370 g/mol. The number of nitrogens with zero attached hydrogens (tertiary/aromatic N) is 2. The van der Waals surface area contributed by atoms with Gasteiger partial charge in [0.15, 0.2) is 5.13 Å². The summed E-state index contributed by atoms with van der Waals surface area (Å²) in [5.41, 5.74) is 1.75. The summed E-state index contributed by atoms with van der Waals surface area (Å²) in [6, 6.07) is 7.19. The first kappa shape index (κ1) is 19.3. The van der Waals surface area contributed by atoms with Crippen molar-refractivity contribution >= 4 is 26.5 Å². The van der Waals surface area contributed by atoms with Crippen molar-refractivity contribution in [3.63, 3.8) is 0 Å². The van der Waals surface area contributed by atoms with Crippen LogP contribution in [0.1, 0.15) is 26.2 Å². The summed E-state index contributed by atoms with van der Waals surface area (Å²) < 4.78 is 32.1. The van der Waals surface area contributed by atoms with E-state index in [4.69, 9.17) is 4.74 Å². The second-order valence-electron chi connectivity index (χ2n) is 6.53. The molecular formula is C18H25N3O3S2. The average Bonchev–Trinajstić information content (AvgIpc) is 3.11. The number of anilines is 1. The molecule has 142 valence electrons. The van der Waals surface area contributed by atoms with Crippen molar-refractivity contribution in [2.75, 3.05) is 32.1 Å². The van der Waals surface area contributed by atoms with Crippen LogP contribution in [0.3, 0.4) is 0 Å². The average molecular weight is 396 g/mol.